The minimum atomic E-state index is -0.529. The van der Waals surface area contributed by atoms with Crippen molar-refractivity contribution >= 4 is 34.1 Å². The number of carbonyl (C=O) groups is 1. The molecule has 7 nitrogen and oxygen atoms in total. The number of ether oxygens (including phenoxy) is 1. The minimum absolute atomic E-state index is 0.0595. The van der Waals surface area contributed by atoms with E-state index in [1.54, 1.807) is 0 Å². The molecule has 0 radical (unpaired) electrons. The summed E-state index contributed by atoms with van der Waals surface area (Å²) in [6.07, 6.45) is 4.51. The fourth-order valence-corrected chi connectivity index (χ4v) is 4.15. The van der Waals surface area contributed by atoms with Gasteiger partial charge in [-0.25, -0.2) is 14.2 Å². The van der Waals surface area contributed by atoms with Gasteiger partial charge in [-0.2, -0.15) is 0 Å². The van der Waals surface area contributed by atoms with Crippen molar-refractivity contribution in [1.82, 2.24) is 9.97 Å². The fraction of sp³-hybridized carbons (Fsp3) is 0.167. The molecule has 5 rings (SSSR count). The van der Waals surface area contributed by atoms with Crippen molar-refractivity contribution in [1.29, 1.82) is 0 Å². The number of pyridine rings is 1. The van der Waals surface area contributed by atoms with E-state index in [-0.39, 0.29) is 5.69 Å². The lowest BCUT2D eigenvalue weighted by Crippen LogP contribution is -2.21. The molecule has 2 aromatic carbocycles. The summed E-state index contributed by atoms with van der Waals surface area (Å²) < 4.78 is 19.2. The Kier molecular flexibility index (Phi) is 5.10. The van der Waals surface area contributed by atoms with Crippen LogP contribution in [0.15, 0.2) is 60.9 Å². The third-order valence-corrected chi connectivity index (χ3v) is 5.71. The molecule has 0 aliphatic carbocycles. The summed E-state index contributed by atoms with van der Waals surface area (Å²) in [5, 5.41) is 6.54. The Morgan fingerprint density at radius 1 is 1.19 bits per heavy atom. The summed E-state index contributed by atoms with van der Waals surface area (Å²) in [6.45, 7) is 1.59. The summed E-state index contributed by atoms with van der Waals surface area (Å²) in [5.41, 5.74) is 4.98. The van der Waals surface area contributed by atoms with Gasteiger partial charge in [0.05, 0.1) is 12.8 Å². The number of nitrogens with one attached hydrogen (secondary N) is 3. The van der Waals surface area contributed by atoms with Crippen molar-refractivity contribution in [3.8, 4) is 5.75 Å². The van der Waals surface area contributed by atoms with Crippen LogP contribution in [-0.2, 0) is 13.0 Å². The van der Waals surface area contributed by atoms with Crippen molar-refractivity contribution in [2.24, 2.45) is 0 Å². The van der Waals surface area contributed by atoms with Gasteiger partial charge in [0.1, 0.15) is 17.2 Å². The third-order valence-electron chi connectivity index (χ3n) is 5.71. The topological polar surface area (TPSA) is 82.3 Å². The molecule has 8 heteroatoms. The average molecular weight is 431 g/mol. The van der Waals surface area contributed by atoms with Crippen molar-refractivity contribution < 1.29 is 13.9 Å². The average Bonchev–Trinajstić information content (AvgIpc) is 3.44. The lowest BCUT2D eigenvalue weighted by atomic mass is 10.1. The predicted molar refractivity (Wildman–Crippen MR) is 123 cm³/mol. The highest BCUT2D eigenvalue weighted by atomic mass is 19.1. The van der Waals surface area contributed by atoms with Gasteiger partial charge in [0.15, 0.2) is 0 Å². The molecule has 3 N–H and O–H groups in total. The van der Waals surface area contributed by atoms with E-state index in [2.05, 4.69) is 31.6 Å². The molecule has 0 bridgehead atoms. The first kappa shape index (κ1) is 19.9. The number of aromatic amines is 1. The number of methoxy groups -OCH3 is 1. The van der Waals surface area contributed by atoms with Crippen molar-refractivity contribution in [2.75, 3.05) is 29.2 Å². The summed E-state index contributed by atoms with van der Waals surface area (Å²) in [5.74, 6) is -0.0653. The third kappa shape index (κ3) is 3.71. The molecule has 1 aliphatic heterocycles. The Labute approximate surface area is 184 Å². The van der Waals surface area contributed by atoms with Crippen LogP contribution in [0.25, 0.3) is 11.0 Å². The number of anilines is 3. The van der Waals surface area contributed by atoms with Crippen molar-refractivity contribution in [3.63, 3.8) is 0 Å². The molecule has 1 aliphatic rings. The number of aromatic nitrogens is 2. The summed E-state index contributed by atoms with van der Waals surface area (Å²) >= 11 is 0. The van der Waals surface area contributed by atoms with Gasteiger partial charge in [0, 0.05) is 53.9 Å². The second-order valence-corrected chi connectivity index (χ2v) is 7.61. The van der Waals surface area contributed by atoms with Crippen LogP contribution in [0.3, 0.4) is 0 Å². The zero-order chi connectivity index (χ0) is 22.1. The Bertz CT molecular complexity index is 1300. The van der Waals surface area contributed by atoms with E-state index in [0.29, 0.717) is 11.4 Å². The molecular formula is C24H22FN5O2. The van der Waals surface area contributed by atoms with Crippen LogP contribution >= 0.6 is 0 Å². The maximum atomic E-state index is 14.1. The van der Waals surface area contributed by atoms with Gasteiger partial charge in [-0.15, -0.1) is 0 Å². The number of carbonyl (C=O) groups excluding carboxylic acids is 1. The van der Waals surface area contributed by atoms with E-state index >= 15 is 0 Å². The van der Waals surface area contributed by atoms with Crippen LogP contribution in [0, 0.1) is 5.82 Å². The molecule has 3 heterocycles. The van der Waals surface area contributed by atoms with Crippen LogP contribution in [0.2, 0.25) is 0 Å². The smallest absolute Gasteiger partial charge is 0.323 e. The number of benzene rings is 2. The van der Waals surface area contributed by atoms with Gasteiger partial charge in [-0.3, -0.25) is 0 Å². The predicted octanol–water partition coefficient (Wildman–Crippen LogP) is 4.92. The van der Waals surface area contributed by atoms with Gasteiger partial charge < -0.3 is 25.3 Å². The molecule has 0 saturated carbocycles. The monoisotopic (exact) mass is 431 g/mol. The van der Waals surface area contributed by atoms with E-state index < -0.39 is 11.8 Å². The van der Waals surface area contributed by atoms with Crippen molar-refractivity contribution in [3.05, 3.63) is 77.9 Å². The van der Waals surface area contributed by atoms with E-state index in [0.717, 1.165) is 41.8 Å². The number of nitrogens with zero attached hydrogens (tertiary/aromatic N) is 2. The number of hydrogen-bond donors (Lipinski definition) is 3. The van der Waals surface area contributed by atoms with Gasteiger partial charge in [-0.1, -0.05) is 6.07 Å². The first-order chi connectivity index (χ1) is 15.6. The molecule has 0 saturated heterocycles. The molecule has 32 heavy (non-hydrogen) atoms. The van der Waals surface area contributed by atoms with Gasteiger partial charge in [-0.05, 0) is 48.4 Å². The highest BCUT2D eigenvalue weighted by Gasteiger charge is 2.23. The van der Waals surface area contributed by atoms with E-state index in [9.17, 15) is 9.18 Å². The van der Waals surface area contributed by atoms with E-state index in [4.69, 9.17) is 4.74 Å². The Morgan fingerprint density at radius 3 is 2.94 bits per heavy atom. The number of fused-ring (bicyclic) bond motifs is 2. The maximum absolute atomic E-state index is 14.1. The first-order valence-corrected chi connectivity index (χ1v) is 10.3. The molecular weight excluding hydrogens is 409 g/mol. The normalized spacial score (nSPS) is 12.6. The van der Waals surface area contributed by atoms with Crippen LogP contribution in [0.1, 0.15) is 11.1 Å². The molecule has 2 amide bonds. The molecule has 2 aromatic heterocycles. The van der Waals surface area contributed by atoms with Crippen molar-refractivity contribution in [2.45, 2.75) is 13.0 Å². The quantitative estimate of drug-likeness (QED) is 0.419. The zero-order valence-electron chi connectivity index (χ0n) is 17.5. The molecule has 0 spiro atoms. The number of rotatable bonds is 5. The summed E-state index contributed by atoms with van der Waals surface area (Å²) in [6, 6.07) is 13.6. The van der Waals surface area contributed by atoms with Gasteiger partial charge in [0.2, 0.25) is 0 Å². The summed E-state index contributed by atoms with van der Waals surface area (Å²) in [7, 11) is 1.49. The van der Waals surface area contributed by atoms with Crippen LogP contribution in [0.5, 0.6) is 5.75 Å². The Hall–Kier alpha value is -4.07. The van der Waals surface area contributed by atoms with E-state index in [1.165, 1.54) is 30.9 Å². The SMILES string of the molecule is COc1ccc(F)c(NC(=O)Nc2cccc3c2CCN3Cc2ccnc3[nH]ccc23)c1. The fourth-order valence-electron chi connectivity index (χ4n) is 4.15. The van der Waals surface area contributed by atoms with Crippen LogP contribution in [-0.4, -0.2) is 29.7 Å². The van der Waals surface area contributed by atoms with Gasteiger partial charge in [0.25, 0.3) is 0 Å². The highest BCUT2D eigenvalue weighted by Crippen LogP contribution is 2.35. The molecule has 162 valence electrons. The molecule has 0 atom stereocenters. The lowest BCUT2D eigenvalue weighted by molar-refractivity contribution is 0.262. The Morgan fingerprint density at radius 2 is 2.06 bits per heavy atom. The highest BCUT2D eigenvalue weighted by molar-refractivity contribution is 6.01. The second kappa shape index (κ2) is 8.22. The molecule has 0 fully saturated rings. The number of urea groups is 1. The lowest BCUT2D eigenvalue weighted by Gasteiger charge is -2.20. The van der Waals surface area contributed by atoms with Gasteiger partial charge >= 0.3 is 6.03 Å². The Balaban J connectivity index is 1.34. The molecule has 0 unspecified atom stereocenters. The van der Waals surface area contributed by atoms with Crippen LogP contribution < -0.4 is 20.3 Å². The minimum Gasteiger partial charge on any atom is -0.497 e. The molecule has 4 aromatic rings. The standard InChI is InChI=1S/C24H22FN5O2/c1-32-16-5-6-19(25)21(13-16)29-24(31)28-20-3-2-4-22-18(20)9-12-30(22)14-15-7-10-26-23-17(15)8-11-27-23/h2-8,10-11,13H,9,12,14H2,1H3,(H,26,27)(H2,28,29,31). The van der Waals surface area contributed by atoms with E-state index in [1.807, 2.05) is 36.7 Å². The second-order valence-electron chi connectivity index (χ2n) is 7.61. The van der Waals surface area contributed by atoms with Crippen LogP contribution in [0.4, 0.5) is 26.2 Å². The number of amides is 2. The summed E-state index contributed by atoms with van der Waals surface area (Å²) in [4.78, 5) is 22.4. The maximum Gasteiger partial charge on any atom is 0.323 e. The first-order valence-electron chi connectivity index (χ1n) is 10.3. The number of halogens is 1. The number of hydrogen-bond acceptors (Lipinski definition) is 4. The zero-order valence-corrected chi connectivity index (χ0v) is 17.5. The number of H-pyrrole nitrogens is 1. The largest absolute Gasteiger partial charge is 0.497 e.